The summed E-state index contributed by atoms with van der Waals surface area (Å²) in [7, 11) is 0. The lowest BCUT2D eigenvalue weighted by atomic mass is 10.1. The van der Waals surface area contributed by atoms with E-state index in [0.29, 0.717) is 24.6 Å². The third-order valence-corrected chi connectivity index (χ3v) is 4.26. The molecule has 0 fully saturated rings. The zero-order valence-corrected chi connectivity index (χ0v) is 15.5. The second kappa shape index (κ2) is 9.48. The fraction of sp³-hybridized carbons (Fsp3) is 0.227. The van der Waals surface area contributed by atoms with Gasteiger partial charge in [0.2, 0.25) is 0 Å². The van der Waals surface area contributed by atoms with Crippen molar-refractivity contribution in [2.24, 2.45) is 0 Å². The molecule has 3 aromatic rings. The Morgan fingerprint density at radius 1 is 0.963 bits per heavy atom. The average Bonchev–Trinajstić information content (AvgIpc) is 2.71. The molecule has 0 unspecified atom stereocenters. The number of amides is 1. The van der Waals surface area contributed by atoms with Crippen LogP contribution in [0.4, 0.5) is 5.82 Å². The van der Waals surface area contributed by atoms with E-state index >= 15 is 0 Å². The number of carbonyl (C=O) groups excluding carboxylic acids is 1. The van der Waals surface area contributed by atoms with E-state index in [9.17, 15) is 4.79 Å². The van der Waals surface area contributed by atoms with Crippen molar-refractivity contribution in [1.29, 1.82) is 0 Å². The molecule has 0 atom stereocenters. The molecule has 138 valence electrons. The summed E-state index contributed by atoms with van der Waals surface area (Å²) in [4.78, 5) is 20.6. The molecule has 2 N–H and O–H groups in total. The number of hydrogen-bond donors (Lipinski definition) is 2. The van der Waals surface area contributed by atoms with Crippen LogP contribution < -0.4 is 10.6 Å². The van der Waals surface area contributed by atoms with Crippen LogP contribution in [0.25, 0.3) is 0 Å². The number of hydrogen-bond acceptors (Lipinski definition) is 4. The molecule has 1 aromatic heterocycles. The number of nitrogens with zero attached hydrogens (tertiary/aromatic N) is 2. The molecule has 0 radical (unpaired) electrons. The van der Waals surface area contributed by atoms with Crippen LogP contribution in [-0.2, 0) is 13.0 Å². The van der Waals surface area contributed by atoms with Crippen molar-refractivity contribution in [3.63, 3.8) is 0 Å². The number of aryl methyl sites for hydroxylation is 2. The van der Waals surface area contributed by atoms with Crippen molar-refractivity contribution in [3.8, 4) is 0 Å². The number of aromatic nitrogens is 2. The molecular formula is C22H24N4O. The van der Waals surface area contributed by atoms with Crippen LogP contribution in [0.3, 0.4) is 0 Å². The van der Waals surface area contributed by atoms with Gasteiger partial charge in [0, 0.05) is 19.2 Å². The topological polar surface area (TPSA) is 66.9 Å². The molecule has 0 aliphatic carbocycles. The molecule has 1 amide bonds. The van der Waals surface area contributed by atoms with E-state index in [-0.39, 0.29) is 5.91 Å². The second-order valence-electron chi connectivity index (χ2n) is 6.47. The fourth-order valence-electron chi connectivity index (χ4n) is 2.71. The van der Waals surface area contributed by atoms with E-state index in [2.05, 4.69) is 63.9 Å². The van der Waals surface area contributed by atoms with Gasteiger partial charge in [-0.25, -0.2) is 9.97 Å². The monoisotopic (exact) mass is 360 g/mol. The van der Waals surface area contributed by atoms with Gasteiger partial charge in [-0.05, 0) is 30.9 Å². The lowest BCUT2D eigenvalue weighted by Crippen LogP contribution is -2.26. The summed E-state index contributed by atoms with van der Waals surface area (Å²) in [6, 6.07) is 20.2. The number of nitrogens with one attached hydrogen (secondary N) is 2. The summed E-state index contributed by atoms with van der Waals surface area (Å²) in [5, 5.41) is 6.15. The molecule has 27 heavy (non-hydrogen) atoms. The minimum absolute atomic E-state index is 0.177. The smallest absolute Gasteiger partial charge is 0.270 e. The van der Waals surface area contributed by atoms with Crippen LogP contribution in [0.2, 0.25) is 0 Å². The van der Waals surface area contributed by atoms with E-state index in [4.69, 9.17) is 0 Å². The Labute approximate surface area is 159 Å². The molecule has 0 saturated carbocycles. The number of benzene rings is 2. The van der Waals surface area contributed by atoms with E-state index in [1.165, 1.54) is 17.5 Å². The van der Waals surface area contributed by atoms with Gasteiger partial charge in [-0.2, -0.15) is 0 Å². The van der Waals surface area contributed by atoms with Crippen LogP contribution in [-0.4, -0.2) is 22.4 Å². The Balaban J connectivity index is 1.47. The molecule has 5 heteroatoms. The molecule has 0 spiro atoms. The average molecular weight is 360 g/mol. The zero-order chi connectivity index (χ0) is 18.9. The molecule has 3 rings (SSSR count). The Morgan fingerprint density at radius 3 is 2.52 bits per heavy atom. The molecule has 0 aliphatic heterocycles. The lowest BCUT2D eigenvalue weighted by molar-refractivity contribution is 0.0948. The molecular weight excluding hydrogens is 336 g/mol. The predicted molar refractivity (Wildman–Crippen MR) is 108 cm³/mol. The molecule has 1 heterocycles. The van der Waals surface area contributed by atoms with Gasteiger partial charge >= 0.3 is 0 Å². The predicted octanol–water partition coefficient (Wildman–Crippen LogP) is 3.76. The van der Waals surface area contributed by atoms with Gasteiger partial charge in [-0.1, -0.05) is 60.2 Å². The zero-order valence-electron chi connectivity index (χ0n) is 15.5. The first-order valence-corrected chi connectivity index (χ1v) is 9.14. The van der Waals surface area contributed by atoms with E-state index in [0.717, 1.165) is 18.4 Å². The van der Waals surface area contributed by atoms with Crippen LogP contribution in [0.1, 0.15) is 33.6 Å². The summed E-state index contributed by atoms with van der Waals surface area (Å²) in [6.07, 6.45) is 3.24. The minimum Gasteiger partial charge on any atom is -0.366 e. The van der Waals surface area contributed by atoms with Crippen LogP contribution in [0.5, 0.6) is 0 Å². The summed E-state index contributed by atoms with van der Waals surface area (Å²) >= 11 is 0. The van der Waals surface area contributed by atoms with Crippen molar-refractivity contribution in [1.82, 2.24) is 15.3 Å². The molecule has 0 bridgehead atoms. The quantitative estimate of drug-likeness (QED) is 0.600. The standard InChI is InChI=1S/C22H24N4O/c1-17-9-11-19(12-10-17)15-24-21-14-20(25-16-26-21)22(27)23-13-5-8-18-6-3-2-4-7-18/h2-4,6-7,9-12,14,16H,5,8,13,15H2,1H3,(H,23,27)(H,24,25,26). The van der Waals surface area contributed by atoms with E-state index in [1.54, 1.807) is 6.07 Å². The summed E-state index contributed by atoms with van der Waals surface area (Å²) < 4.78 is 0. The highest BCUT2D eigenvalue weighted by atomic mass is 16.1. The van der Waals surface area contributed by atoms with Crippen LogP contribution in [0.15, 0.2) is 67.0 Å². The number of anilines is 1. The molecule has 5 nitrogen and oxygen atoms in total. The first kappa shape index (κ1) is 18.6. The van der Waals surface area contributed by atoms with E-state index in [1.807, 2.05) is 18.2 Å². The highest BCUT2D eigenvalue weighted by Gasteiger charge is 2.08. The highest BCUT2D eigenvalue weighted by molar-refractivity contribution is 5.92. The summed E-state index contributed by atoms with van der Waals surface area (Å²) in [5.74, 6) is 0.462. The summed E-state index contributed by atoms with van der Waals surface area (Å²) in [6.45, 7) is 3.33. The minimum atomic E-state index is -0.177. The maximum Gasteiger partial charge on any atom is 0.270 e. The van der Waals surface area contributed by atoms with Gasteiger partial charge in [0.15, 0.2) is 0 Å². The maximum atomic E-state index is 12.3. The Kier molecular flexibility index (Phi) is 6.52. The van der Waals surface area contributed by atoms with Crippen molar-refractivity contribution in [2.75, 3.05) is 11.9 Å². The Hall–Kier alpha value is -3.21. The molecule has 2 aromatic carbocycles. The van der Waals surface area contributed by atoms with Gasteiger partial charge in [-0.15, -0.1) is 0 Å². The fourth-order valence-corrected chi connectivity index (χ4v) is 2.71. The normalized spacial score (nSPS) is 10.4. The van der Waals surface area contributed by atoms with Crippen LogP contribution >= 0.6 is 0 Å². The first-order valence-electron chi connectivity index (χ1n) is 9.14. The van der Waals surface area contributed by atoms with Crippen molar-refractivity contribution in [2.45, 2.75) is 26.3 Å². The lowest BCUT2D eigenvalue weighted by Gasteiger charge is -2.08. The van der Waals surface area contributed by atoms with Gasteiger partial charge < -0.3 is 10.6 Å². The SMILES string of the molecule is Cc1ccc(CNc2cc(C(=O)NCCCc3ccccc3)ncn2)cc1. The van der Waals surface area contributed by atoms with E-state index < -0.39 is 0 Å². The van der Waals surface area contributed by atoms with Gasteiger partial charge in [0.1, 0.15) is 17.8 Å². The van der Waals surface area contributed by atoms with Gasteiger partial charge in [0.05, 0.1) is 0 Å². The third kappa shape index (κ3) is 5.92. The first-order chi connectivity index (χ1) is 13.2. The highest BCUT2D eigenvalue weighted by Crippen LogP contribution is 2.09. The van der Waals surface area contributed by atoms with Crippen molar-refractivity contribution >= 4 is 11.7 Å². The Morgan fingerprint density at radius 2 is 1.74 bits per heavy atom. The second-order valence-corrected chi connectivity index (χ2v) is 6.47. The summed E-state index contributed by atoms with van der Waals surface area (Å²) in [5.41, 5.74) is 4.03. The van der Waals surface area contributed by atoms with Crippen LogP contribution in [0, 0.1) is 6.92 Å². The molecule has 0 saturated heterocycles. The number of rotatable bonds is 8. The number of carbonyl (C=O) groups is 1. The Bertz CT molecular complexity index is 863. The van der Waals surface area contributed by atoms with Crippen molar-refractivity contribution in [3.05, 3.63) is 89.4 Å². The molecule has 0 aliphatic rings. The van der Waals surface area contributed by atoms with Crippen molar-refractivity contribution < 1.29 is 4.79 Å². The third-order valence-electron chi connectivity index (χ3n) is 4.26. The largest absolute Gasteiger partial charge is 0.366 e. The van der Waals surface area contributed by atoms with Gasteiger partial charge in [-0.3, -0.25) is 4.79 Å². The van der Waals surface area contributed by atoms with Gasteiger partial charge in [0.25, 0.3) is 5.91 Å². The maximum absolute atomic E-state index is 12.3.